The summed E-state index contributed by atoms with van der Waals surface area (Å²) in [5.41, 5.74) is 2.33. The predicted molar refractivity (Wildman–Crippen MR) is 127 cm³/mol. The maximum Gasteiger partial charge on any atom is 0.271 e. The van der Waals surface area contributed by atoms with Crippen LogP contribution in [0.4, 0.5) is 0 Å². The number of carbonyl (C=O) groups is 3. The van der Waals surface area contributed by atoms with Crippen LogP contribution in [0.25, 0.3) is 17.4 Å². The van der Waals surface area contributed by atoms with Gasteiger partial charge in [0.25, 0.3) is 11.8 Å². The maximum absolute atomic E-state index is 13.3. The number of carbonyl (C=O) groups excluding carboxylic acids is 3. The fourth-order valence-corrected chi connectivity index (χ4v) is 3.86. The number of nitrogens with zero attached hydrogens (tertiary/aromatic N) is 2. The smallest absolute Gasteiger partial charge is 0.271 e. The Balaban J connectivity index is 1.69. The fraction of sp³-hybridized carbons (Fsp3) is 0.111. The largest absolute Gasteiger partial charge is 0.457 e. The first kappa shape index (κ1) is 23.0. The number of halogens is 1. The number of rotatable bonds is 5. The van der Waals surface area contributed by atoms with Crippen molar-refractivity contribution in [3.63, 3.8) is 0 Å². The molecule has 1 aromatic heterocycles. The van der Waals surface area contributed by atoms with Gasteiger partial charge in [0.05, 0.1) is 6.54 Å². The first-order chi connectivity index (χ1) is 16.3. The van der Waals surface area contributed by atoms with Crippen molar-refractivity contribution >= 4 is 35.3 Å². The molecule has 2 heterocycles. The van der Waals surface area contributed by atoms with Crippen LogP contribution in [-0.2, 0) is 16.1 Å². The van der Waals surface area contributed by atoms with E-state index in [9.17, 15) is 19.6 Å². The number of Topliss-reactive ketones (excluding diaryl/α,β-unsaturated/α-hetero) is 1. The number of nitriles is 1. The molecule has 1 aliphatic heterocycles. The third-order valence-corrected chi connectivity index (χ3v) is 5.97. The molecule has 7 heteroatoms. The van der Waals surface area contributed by atoms with Crippen LogP contribution in [0.1, 0.15) is 35.5 Å². The molecule has 1 aliphatic rings. The Morgan fingerprint density at radius 2 is 1.76 bits per heavy atom. The van der Waals surface area contributed by atoms with E-state index in [1.807, 2.05) is 6.07 Å². The zero-order chi connectivity index (χ0) is 24.4. The van der Waals surface area contributed by atoms with Crippen molar-refractivity contribution in [1.82, 2.24) is 4.90 Å². The number of ketones is 1. The minimum absolute atomic E-state index is 0.0290. The summed E-state index contributed by atoms with van der Waals surface area (Å²) in [5, 5.41) is 10.0. The molecule has 2 aromatic carbocycles. The molecule has 0 saturated heterocycles. The number of hydrogen-bond donors (Lipinski definition) is 0. The number of amides is 2. The lowest BCUT2D eigenvalue weighted by Gasteiger charge is -2.27. The second-order valence-electron chi connectivity index (χ2n) is 7.79. The highest BCUT2D eigenvalue weighted by atomic mass is 35.5. The summed E-state index contributed by atoms with van der Waals surface area (Å²) in [7, 11) is 0. The van der Waals surface area contributed by atoms with Gasteiger partial charge in [-0.3, -0.25) is 19.3 Å². The first-order valence-corrected chi connectivity index (χ1v) is 10.8. The van der Waals surface area contributed by atoms with Crippen LogP contribution in [-0.4, -0.2) is 22.5 Å². The fourth-order valence-electron chi connectivity index (χ4n) is 3.67. The highest BCUT2D eigenvalue weighted by Crippen LogP contribution is 2.31. The Morgan fingerprint density at radius 3 is 2.41 bits per heavy atom. The molecule has 0 N–H and O–H groups in total. The average Bonchev–Trinajstić information content (AvgIpc) is 3.30. The molecule has 0 atom stereocenters. The maximum atomic E-state index is 13.3. The van der Waals surface area contributed by atoms with E-state index in [0.29, 0.717) is 27.7 Å². The predicted octanol–water partition coefficient (Wildman–Crippen LogP) is 5.60. The van der Waals surface area contributed by atoms with E-state index >= 15 is 0 Å². The van der Waals surface area contributed by atoms with Crippen molar-refractivity contribution in [3.8, 4) is 17.4 Å². The van der Waals surface area contributed by atoms with E-state index in [2.05, 4.69) is 0 Å². The molecule has 4 rings (SSSR count). The average molecular weight is 471 g/mol. The lowest BCUT2D eigenvalue weighted by atomic mass is 9.94. The SMILES string of the molecule is CC(=O)c1ccc(-c2ccc(/C=C3/C(=O)N(Cc4ccccc4Cl)C(=O)C(C#N)=C3C)o2)cc1. The normalized spacial score (nSPS) is 15.1. The molecule has 6 nitrogen and oxygen atoms in total. The Bertz CT molecular complexity index is 1420. The molecule has 0 fully saturated rings. The molecule has 0 radical (unpaired) electrons. The molecule has 0 aliphatic carbocycles. The van der Waals surface area contributed by atoms with Gasteiger partial charge in [0.2, 0.25) is 0 Å². The number of imide groups is 1. The summed E-state index contributed by atoms with van der Waals surface area (Å²) in [5.74, 6) is -0.286. The quantitative estimate of drug-likeness (QED) is 0.275. The van der Waals surface area contributed by atoms with Gasteiger partial charge in [-0.1, -0.05) is 54.1 Å². The van der Waals surface area contributed by atoms with Crippen molar-refractivity contribution in [2.24, 2.45) is 0 Å². The summed E-state index contributed by atoms with van der Waals surface area (Å²) >= 11 is 6.22. The monoisotopic (exact) mass is 470 g/mol. The molecule has 0 spiro atoms. The number of hydrogen-bond acceptors (Lipinski definition) is 5. The van der Waals surface area contributed by atoms with E-state index in [4.69, 9.17) is 16.0 Å². The zero-order valence-corrected chi connectivity index (χ0v) is 19.2. The van der Waals surface area contributed by atoms with Gasteiger partial charge in [0.1, 0.15) is 23.2 Å². The minimum Gasteiger partial charge on any atom is -0.457 e. The lowest BCUT2D eigenvalue weighted by Crippen LogP contribution is -2.42. The van der Waals surface area contributed by atoms with E-state index in [1.54, 1.807) is 67.6 Å². The third-order valence-electron chi connectivity index (χ3n) is 5.60. The second kappa shape index (κ2) is 9.34. The van der Waals surface area contributed by atoms with E-state index < -0.39 is 11.8 Å². The highest BCUT2D eigenvalue weighted by Gasteiger charge is 2.36. The molecule has 34 heavy (non-hydrogen) atoms. The van der Waals surface area contributed by atoms with E-state index in [-0.39, 0.29) is 29.0 Å². The van der Waals surface area contributed by atoms with Gasteiger partial charge in [-0.05, 0) is 49.3 Å². The standard InChI is InChI=1S/C27H19ClN2O4/c1-16-22(13-21-11-12-25(34-21)19-9-7-18(8-10-19)17(2)31)26(32)30(27(33)23(16)14-29)15-20-5-3-4-6-24(20)28/h3-13H,15H2,1-2H3/b22-13+. The van der Waals surface area contributed by atoms with Crippen LogP contribution in [0.2, 0.25) is 5.02 Å². The lowest BCUT2D eigenvalue weighted by molar-refractivity contribution is -0.141. The van der Waals surface area contributed by atoms with Crippen molar-refractivity contribution in [2.75, 3.05) is 0 Å². The topological polar surface area (TPSA) is 91.4 Å². The van der Waals surface area contributed by atoms with Crippen molar-refractivity contribution < 1.29 is 18.8 Å². The van der Waals surface area contributed by atoms with Crippen molar-refractivity contribution in [1.29, 1.82) is 5.26 Å². The molecular formula is C27H19ClN2O4. The summed E-state index contributed by atoms with van der Waals surface area (Å²) in [6.45, 7) is 3.01. The van der Waals surface area contributed by atoms with Crippen molar-refractivity contribution in [2.45, 2.75) is 20.4 Å². The molecule has 3 aromatic rings. The summed E-state index contributed by atoms with van der Waals surface area (Å²) < 4.78 is 5.89. The van der Waals surface area contributed by atoms with Gasteiger partial charge in [-0.25, -0.2) is 0 Å². The molecule has 2 amide bonds. The van der Waals surface area contributed by atoms with Gasteiger partial charge < -0.3 is 4.42 Å². The van der Waals surface area contributed by atoms with Gasteiger partial charge in [0.15, 0.2) is 5.78 Å². The summed E-state index contributed by atoms with van der Waals surface area (Å²) in [4.78, 5) is 38.7. The third kappa shape index (κ3) is 4.34. The number of benzene rings is 2. The summed E-state index contributed by atoms with van der Waals surface area (Å²) in [6, 6.07) is 19.3. The van der Waals surface area contributed by atoms with Crippen LogP contribution in [0.15, 0.2) is 81.8 Å². The summed E-state index contributed by atoms with van der Waals surface area (Å²) in [6.07, 6.45) is 1.52. The van der Waals surface area contributed by atoms with Crippen LogP contribution in [0.3, 0.4) is 0 Å². The van der Waals surface area contributed by atoms with Gasteiger partial charge in [-0.15, -0.1) is 0 Å². The Kier molecular flexibility index (Phi) is 6.31. The first-order valence-electron chi connectivity index (χ1n) is 10.4. The Labute approximate surface area is 201 Å². The van der Waals surface area contributed by atoms with Crippen molar-refractivity contribution in [3.05, 3.63) is 99.3 Å². The van der Waals surface area contributed by atoms with Gasteiger partial charge >= 0.3 is 0 Å². The molecule has 0 saturated carbocycles. The van der Waals surface area contributed by atoms with Crippen LogP contribution in [0, 0.1) is 11.3 Å². The van der Waals surface area contributed by atoms with E-state index in [1.165, 1.54) is 13.0 Å². The van der Waals surface area contributed by atoms with Gasteiger partial charge in [-0.2, -0.15) is 5.26 Å². The Morgan fingerprint density at radius 1 is 1.06 bits per heavy atom. The minimum atomic E-state index is -0.659. The van der Waals surface area contributed by atoms with E-state index in [0.717, 1.165) is 10.5 Å². The highest BCUT2D eigenvalue weighted by molar-refractivity contribution is 6.31. The van der Waals surface area contributed by atoms with Crippen LogP contribution < -0.4 is 0 Å². The van der Waals surface area contributed by atoms with Gasteiger partial charge in [0, 0.05) is 21.7 Å². The molecule has 0 unspecified atom stereocenters. The molecule has 168 valence electrons. The van der Waals surface area contributed by atoms with Crippen LogP contribution >= 0.6 is 11.6 Å². The van der Waals surface area contributed by atoms with Crippen LogP contribution in [0.5, 0.6) is 0 Å². The second-order valence-corrected chi connectivity index (χ2v) is 8.20. The Hall–Kier alpha value is -4.21. The zero-order valence-electron chi connectivity index (χ0n) is 18.5. The molecule has 0 bridgehead atoms. The number of furan rings is 1. The molecular weight excluding hydrogens is 452 g/mol.